The lowest BCUT2D eigenvalue weighted by molar-refractivity contribution is 0.0700. The molecule has 1 aliphatic rings. The van der Waals surface area contributed by atoms with Gasteiger partial charge in [0.1, 0.15) is 17.2 Å². The van der Waals surface area contributed by atoms with Gasteiger partial charge >= 0.3 is 0 Å². The third-order valence-corrected chi connectivity index (χ3v) is 5.17. The third-order valence-electron chi connectivity index (χ3n) is 5.17. The Bertz CT molecular complexity index is 952. The van der Waals surface area contributed by atoms with Crippen molar-refractivity contribution in [3.8, 4) is 11.4 Å². The van der Waals surface area contributed by atoms with E-state index in [0.29, 0.717) is 12.2 Å². The van der Waals surface area contributed by atoms with Crippen LogP contribution in [0.15, 0.2) is 43.0 Å². The SMILES string of the molecule is Cc1ncc(-c2nccnc2[C@@H]2CCCN(C(=O)c3ccccn3)C2)n1C. The standard InChI is InChI=1S/C20H22N6O/c1-14-24-12-17(25(14)2)19-18(22-9-10-23-19)15-6-5-11-26(13-15)20(27)16-7-3-4-8-21-16/h3-4,7-10,12,15H,5-6,11,13H2,1-2H3/t15-/m1/s1. The zero-order valence-corrected chi connectivity index (χ0v) is 15.5. The van der Waals surface area contributed by atoms with Gasteiger partial charge in [0, 0.05) is 44.6 Å². The number of carbonyl (C=O) groups is 1. The van der Waals surface area contributed by atoms with E-state index in [-0.39, 0.29) is 11.8 Å². The molecule has 4 heterocycles. The maximum Gasteiger partial charge on any atom is 0.272 e. The van der Waals surface area contributed by atoms with E-state index in [0.717, 1.165) is 42.3 Å². The summed E-state index contributed by atoms with van der Waals surface area (Å²) in [5.74, 6) is 1.05. The molecule has 27 heavy (non-hydrogen) atoms. The van der Waals surface area contributed by atoms with Gasteiger partial charge in [-0.05, 0) is 31.9 Å². The molecule has 1 saturated heterocycles. The average Bonchev–Trinajstić information content (AvgIpc) is 3.06. The van der Waals surface area contributed by atoms with Crippen LogP contribution in [0, 0.1) is 6.92 Å². The molecule has 0 aliphatic carbocycles. The van der Waals surface area contributed by atoms with Gasteiger partial charge in [-0.1, -0.05) is 6.07 Å². The van der Waals surface area contributed by atoms with E-state index in [1.165, 1.54) is 0 Å². The summed E-state index contributed by atoms with van der Waals surface area (Å²) in [7, 11) is 1.98. The Labute approximate surface area is 158 Å². The second kappa shape index (κ2) is 7.26. The van der Waals surface area contributed by atoms with E-state index in [2.05, 4.69) is 19.9 Å². The fraction of sp³-hybridized carbons (Fsp3) is 0.350. The zero-order valence-electron chi connectivity index (χ0n) is 15.5. The molecule has 1 atom stereocenters. The van der Waals surface area contributed by atoms with E-state index in [1.807, 2.05) is 41.8 Å². The van der Waals surface area contributed by atoms with Gasteiger partial charge in [-0.15, -0.1) is 0 Å². The number of hydrogen-bond acceptors (Lipinski definition) is 5. The van der Waals surface area contributed by atoms with Crippen LogP contribution in [0.5, 0.6) is 0 Å². The summed E-state index contributed by atoms with van der Waals surface area (Å²) in [6, 6.07) is 5.42. The summed E-state index contributed by atoms with van der Waals surface area (Å²) in [6.45, 7) is 3.33. The number of likely N-dealkylation sites (tertiary alicyclic amines) is 1. The number of hydrogen-bond donors (Lipinski definition) is 0. The second-order valence-electron chi connectivity index (χ2n) is 6.85. The minimum Gasteiger partial charge on any atom is -0.337 e. The molecular formula is C20H22N6O. The van der Waals surface area contributed by atoms with Gasteiger partial charge in [-0.2, -0.15) is 0 Å². The van der Waals surface area contributed by atoms with Crippen molar-refractivity contribution in [2.75, 3.05) is 13.1 Å². The van der Waals surface area contributed by atoms with Crippen molar-refractivity contribution in [1.29, 1.82) is 0 Å². The minimum atomic E-state index is -0.0258. The largest absolute Gasteiger partial charge is 0.337 e. The van der Waals surface area contributed by atoms with E-state index in [9.17, 15) is 4.79 Å². The molecule has 7 nitrogen and oxygen atoms in total. The maximum atomic E-state index is 12.8. The third kappa shape index (κ3) is 3.32. The van der Waals surface area contributed by atoms with Crippen molar-refractivity contribution in [1.82, 2.24) is 29.4 Å². The molecule has 0 bridgehead atoms. The lowest BCUT2D eigenvalue weighted by atomic mass is 9.92. The molecule has 7 heteroatoms. The number of nitrogens with zero attached hydrogens (tertiary/aromatic N) is 6. The van der Waals surface area contributed by atoms with Gasteiger partial charge in [0.15, 0.2) is 0 Å². The Balaban J connectivity index is 1.63. The molecule has 4 rings (SSSR count). The highest BCUT2D eigenvalue weighted by atomic mass is 16.2. The first-order valence-corrected chi connectivity index (χ1v) is 9.15. The van der Waals surface area contributed by atoms with Crippen molar-refractivity contribution in [2.45, 2.75) is 25.7 Å². The maximum absolute atomic E-state index is 12.8. The molecule has 138 valence electrons. The van der Waals surface area contributed by atoms with Gasteiger partial charge in [0.2, 0.25) is 0 Å². The molecule has 0 N–H and O–H groups in total. The number of aryl methyl sites for hydroxylation is 1. The lowest BCUT2D eigenvalue weighted by Gasteiger charge is -2.32. The van der Waals surface area contributed by atoms with Crippen LogP contribution in [-0.2, 0) is 7.05 Å². The molecule has 3 aromatic rings. The Morgan fingerprint density at radius 3 is 2.70 bits per heavy atom. The molecule has 1 amide bonds. The Morgan fingerprint density at radius 2 is 1.96 bits per heavy atom. The van der Waals surface area contributed by atoms with E-state index < -0.39 is 0 Å². The van der Waals surface area contributed by atoms with Gasteiger partial charge in [-0.3, -0.25) is 19.7 Å². The summed E-state index contributed by atoms with van der Waals surface area (Å²) in [6.07, 6.45) is 8.84. The number of imidazole rings is 1. The molecule has 0 radical (unpaired) electrons. The predicted octanol–water partition coefficient (Wildman–Crippen LogP) is 2.60. The number of rotatable bonds is 3. The summed E-state index contributed by atoms with van der Waals surface area (Å²) in [4.78, 5) is 32.5. The predicted molar refractivity (Wildman–Crippen MR) is 101 cm³/mol. The van der Waals surface area contributed by atoms with Crippen molar-refractivity contribution >= 4 is 5.91 Å². The number of aromatic nitrogens is 5. The normalized spacial score (nSPS) is 17.1. The van der Waals surface area contributed by atoms with Crippen molar-refractivity contribution in [3.05, 3.63) is 60.2 Å². The van der Waals surface area contributed by atoms with Crippen LogP contribution >= 0.6 is 0 Å². The second-order valence-corrected chi connectivity index (χ2v) is 6.85. The van der Waals surface area contributed by atoms with Crippen molar-refractivity contribution in [2.24, 2.45) is 7.05 Å². The number of pyridine rings is 1. The van der Waals surface area contributed by atoms with Crippen LogP contribution in [0.4, 0.5) is 0 Å². The molecule has 1 aliphatic heterocycles. The fourth-order valence-corrected chi connectivity index (χ4v) is 3.60. The van der Waals surface area contributed by atoms with Crippen LogP contribution in [0.1, 0.15) is 40.8 Å². The zero-order chi connectivity index (χ0) is 18.8. The number of amides is 1. The van der Waals surface area contributed by atoms with E-state index >= 15 is 0 Å². The van der Waals surface area contributed by atoms with Gasteiger partial charge in [-0.25, -0.2) is 4.98 Å². The van der Waals surface area contributed by atoms with Crippen molar-refractivity contribution < 1.29 is 4.79 Å². The average molecular weight is 362 g/mol. The Morgan fingerprint density at radius 1 is 1.11 bits per heavy atom. The van der Waals surface area contributed by atoms with Gasteiger partial charge in [0.25, 0.3) is 5.91 Å². The van der Waals surface area contributed by atoms with Gasteiger partial charge in [0.05, 0.1) is 17.6 Å². The van der Waals surface area contributed by atoms with Crippen LogP contribution in [0.2, 0.25) is 0 Å². The van der Waals surface area contributed by atoms with Crippen LogP contribution in [-0.4, -0.2) is 48.4 Å². The molecular weight excluding hydrogens is 340 g/mol. The lowest BCUT2D eigenvalue weighted by Crippen LogP contribution is -2.39. The minimum absolute atomic E-state index is 0.0258. The first kappa shape index (κ1) is 17.3. The quantitative estimate of drug-likeness (QED) is 0.716. The fourth-order valence-electron chi connectivity index (χ4n) is 3.60. The highest BCUT2D eigenvalue weighted by molar-refractivity contribution is 5.92. The monoisotopic (exact) mass is 362 g/mol. The van der Waals surface area contributed by atoms with Gasteiger partial charge < -0.3 is 9.47 Å². The number of carbonyl (C=O) groups excluding carboxylic acids is 1. The first-order valence-electron chi connectivity index (χ1n) is 9.15. The van der Waals surface area contributed by atoms with Crippen LogP contribution < -0.4 is 0 Å². The molecule has 0 unspecified atom stereocenters. The molecule has 1 fully saturated rings. The smallest absolute Gasteiger partial charge is 0.272 e. The molecule has 0 saturated carbocycles. The van der Waals surface area contributed by atoms with Crippen LogP contribution in [0.25, 0.3) is 11.4 Å². The summed E-state index contributed by atoms with van der Waals surface area (Å²) in [5, 5.41) is 0. The van der Waals surface area contributed by atoms with E-state index in [4.69, 9.17) is 0 Å². The number of piperidine rings is 1. The van der Waals surface area contributed by atoms with E-state index in [1.54, 1.807) is 24.7 Å². The highest BCUT2D eigenvalue weighted by Crippen LogP contribution is 2.32. The topological polar surface area (TPSA) is 76.8 Å². The van der Waals surface area contributed by atoms with Crippen LogP contribution in [0.3, 0.4) is 0 Å². The highest BCUT2D eigenvalue weighted by Gasteiger charge is 2.29. The van der Waals surface area contributed by atoms with Crippen molar-refractivity contribution in [3.63, 3.8) is 0 Å². The Kier molecular flexibility index (Phi) is 4.66. The molecule has 3 aromatic heterocycles. The Hall–Kier alpha value is -3.09. The first-order chi connectivity index (χ1) is 13.1. The molecule has 0 aromatic carbocycles. The molecule has 0 spiro atoms. The summed E-state index contributed by atoms with van der Waals surface area (Å²) < 4.78 is 2.02. The summed E-state index contributed by atoms with van der Waals surface area (Å²) in [5.41, 5.74) is 3.21. The summed E-state index contributed by atoms with van der Waals surface area (Å²) >= 11 is 0.